The van der Waals surface area contributed by atoms with Crippen LogP contribution >= 0.6 is 62.6 Å². The van der Waals surface area contributed by atoms with Gasteiger partial charge in [0, 0.05) is 27.5 Å². The molecule has 0 atom stereocenters. The molecular weight excluding hydrogens is 835 g/mol. The van der Waals surface area contributed by atoms with Crippen LogP contribution in [0.4, 0.5) is 11.4 Å². The minimum atomic E-state index is -0.879. The molecule has 0 radical (unpaired) electrons. The molecule has 4 heterocycles. The van der Waals surface area contributed by atoms with Crippen molar-refractivity contribution in [2.24, 2.45) is 0 Å². The van der Waals surface area contributed by atoms with Gasteiger partial charge < -0.3 is 25.2 Å². The first-order valence-electron chi connectivity index (χ1n) is 15.0. The van der Waals surface area contributed by atoms with Crippen molar-refractivity contribution in [3.05, 3.63) is 148 Å². The molecule has 5 N–H and O–H groups in total. The topological polar surface area (TPSA) is 191 Å². The number of nitrogens with zero attached hydrogens (tertiary/aromatic N) is 4. The Morgan fingerprint density at radius 1 is 0.833 bits per heavy atom. The predicted molar refractivity (Wildman–Crippen MR) is 219 cm³/mol. The second kappa shape index (κ2) is 21.3. The molecule has 13 nitrogen and oxygen atoms in total. The lowest BCUT2D eigenvalue weighted by Gasteiger charge is -2.06. The molecule has 276 valence electrons. The van der Waals surface area contributed by atoms with E-state index < -0.39 is 23.1 Å². The number of thioether (sulfide) groups is 1. The fourth-order valence-corrected chi connectivity index (χ4v) is 7.14. The van der Waals surface area contributed by atoms with Crippen molar-refractivity contribution in [3.8, 4) is 21.3 Å². The number of carbonyl (C=O) groups is 2. The smallest absolute Gasteiger partial charge is 0.307 e. The maximum atomic E-state index is 12.2. The minimum absolute atomic E-state index is 0. The fourth-order valence-electron chi connectivity index (χ4n) is 4.44. The molecule has 2 aromatic carbocycles. The Labute approximate surface area is 334 Å². The Morgan fingerprint density at radius 3 is 2.00 bits per heavy atom. The summed E-state index contributed by atoms with van der Waals surface area (Å²) in [7, 11) is 0. The Kier molecular flexibility index (Phi) is 16.9. The number of hydrogen-bond acceptors (Lipinski definition) is 10. The molecule has 18 heteroatoms. The Morgan fingerprint density at radius 2 is 1.44 bits per heavy atom. The standard InChI is InChI=1S/C18H13N3O3S2.C9H9BrO2.C8H4N4OS2.CH4/c1-19-16-15(13-6-3-7-25-13)20-18(21-17(16)24)26-10-12-5-2-4-11(8-12)9-14(22)23;10-6-8-3-1-2-7(4-8)5-9(11)12;1-9-4-5(7-10-2-3-15-7)11-8(14)12-6(4)13;/h2-8H,9-10H2,(H,22,23)(H,20,21,24);1-4H,5-6H2,(H,11,12);2-3H,(H2,11,12,13,14);1H4. The van der Waals surface area contributed by atoms with E-state index in [0.29, 0.717) is 27.3 Å². The summed E-state index contributed by atoms with van der Waals surface area (Å²) in [6, 6.07) is 18.5. The molecule has 54 heavy (non-hydrogen) atoms. The molecular formula is C36H30BrN7O6S4. The molecule has 6 aromatic rings. The quantitative estimate of drug-likeness (QED) is 0.0292. The number of thiophene rings is 1. The van der Waals surface area contributed by atoms with E-state index in [1.165, 1.54) is 34.4 Å². The largest absolute Gasteiger partial charge is 0.481 e. The molecule has 0 unspecified atom stereocenters. The fraction of sp³-hybridized carbons (Fsp3) is 0.139. The molecule has 0 aliphatic rings. The van der Waals surface area contributed by atoms with Gasteiger partial charge in [0.1, 0.15) is 5.01 Å². The zero-order valence-corrected chi connectivity index (χ0v) is 32.0. The van der Waals surface area contributed by atoms with E-state index in [0.717, 1.165) is 32.5 Å². The van der Waals surface area contributed by atoms with Gasteiger partial charge in [0.15, 0.2) is 9.93 Å². The number of benzene rings is 2. The molecule has 0 saturated carbocycles. The van der Waals surface area contributed by atoms with Crippen molar-refractivity contribution < 1.29 is 19.8 Å². The normalized spacial score (nSPS) is 9.91. The summed E-state index contributed by atoms with van der Waals surface area (Å²) in [5, 5.41) is 22.8. The number of alkyl halides is 1. The third-order valence-electron chi connectivity index (χ3n) is 6.64. The number of aromatic nitrogens is 5. The second-order valence-corrected chi connectivity index (χ2v) is 14.2. The maximum absolute atomic E-state index is 12.2. The van der Waals surface area contributed by atoms with Crippen LogP contribution in [0.5, 0.6) is 0 Å². The SMILES string of the molecule is C.O=C(O)Cc1cccc(CBr)c1.[C-]#[N+]c1c(-c2cccs2)nc(SCc2cccc(CC(=O)O)c2)[nH]c1=O.[C-]#[N+]c1c(-c2nccs2)[nH]c(=S)[nH]c1=O. The van der Waals surface area contributed by atoms with Crippen molar-refractivity contribution in [1.29, 1.82) is 0 Å². The van der Waals surface area contributed by atoms with Gasteiger partial charge in [-0.1, -0.05) is 89.7 Å². The summed E-state index contributed by atoms with van der Waals surface area (Å²) in [5.74, 6) is -1.14. The highest BCUT2D eigenvalue weighted by molar-refractivity contribution is 9.08. The highest BCUT2D eigenvalue weighted by Crippen LogP contribution is 2.31. The number of aliphatic carboxylic acids is 2. The van der Waals surface area contributed by atoms with Crippen LogP contribution in [0.15, 0.2) is 92.4 Å². The van der Waals surface area contributed by atoms with Gasteiger partial charge in [0.2, 0.25) is 0 Å². The first kappa shape index (κ1) is 42.9. The Balaban J connectivity index is 0.000000237. The number of nitrogens with one attached hydrogen (secondary N) is 3. The maximum Gasteiger partial charge on any atom is 0.307 e. The van der Waals surface area contributed by atoms with E-state index in [2.05, 4.69) is 50.5 Å². The summed E-state index contributed by atoms with van der Waals surface area (Å²) in [6.45, 7) is 14.2. The summed E-state index contributed by atoms with van der Waals surface area (Å²) in [6.07, 6.45) is 1.67. The zero-order valence-electron chi connectivity index (χ0n) is 27.2. The van der Waals surface area contributed by atoms with E-state index in [-0.39, 0.29) is 36.4 Å². The van der Waals surface area contributed by atoms with Gasteiger partial charge in [0.25, 0.3) is 22.5 Å². The number of aromatic amines is 3. The van der Waals surface area contributed by atoms with Crippen molar-refractivity contribution in [2.75, 3.05) is 0 Å². The number of H-pyrrole nitrogens is 3. The first-order chi connectivity index (χ1) is 25.5. The molecule has 0 saturated heterocycles. The van der Waals surface area contributed by atoms with Gasteiger partial charge in [-0.05, 0) is 45.9 Å². The van der Waals surface area contributed by atoms with Crippen LogP contribution < -0.4 is 11.1 Å². The second-order valence-electron chi connectivity index (χ2n) is 10.4. The van der Waals surface area contributed by atoms with Crippen LogP contribution in [0.3, 0.4) is 0 Å². The van der Waals surface area contributed by atoms with Gasteiger partial charge in [-0.2, -0.15) is 0 Å². The van der Waals surface area contributed by atoms with E-state index in [4.69, 9.17) is 35.6 Å². The minimum Gasteiger partial charge on any atom is -0.481 e. The first-order valence-corrected chi connectivity index (χ1v) is 19.3. The zero-order chi connectivity index (χ0) is 38.3. The lowest BCUT2D eigenvalue weighted by molar-refractivity contribution is -0.137. The highest BCUT2D eigenvalue weighted by Gasteiger charge is 2.15. The van der Waals surface area contributed by atoms with Crippen LogP contribution in [0.2, 0.25) is 0 Å². The average Bonchev–Trinajstić information content (AvgIpc) is 3.87. The van der Waals surface area contributed by atoms with Crippen LogP contribution in [0, 0.1) is 17.9 Å². The Hall–Kier alpha value is -5.50. The van der Waals surface area contributed by atoms with E-state index in [1.807, 2.05) is 60.0 Å². The van der Waals surface area contributed by atoms with E-state index >= 15 is 0 Å². The van der Waals surface area contributed by atoms with Crippen molar-refractivity contribution in [1.82, 2.24) is 24.9 Å². The third kappa shape index (κ3) is 12.6. The Bertz CT molecular complexity index is 2470. The molecule has 0 aliphatic heterocycles. The van der Waals surface area contributed by atoms with Gasteiger partial charge in [0.05, 0.1) is 37.4 Å². The van der Waals surface area contributed by atoms with Crippen molar-refractivity contribution in [2.45, 2.75) is 36.5 Å². The summed E-state index contributed by atoms with van der Waals surface area (Å²) in [4.78, 5) is 68.3. The van der Waals surface area contributed by atoms with Gasteiger partial charge in [-0.15, -0.1) is 22.7 Å². The molecule has 4 aromatic heterocycles. The summed E-state index contributed by atoms with van der Waals surface area (Å²) in [5.41, 5.74) is 3.41. The lowest BCUT2D eigenvalue weighted by Crippen LogP contribution is -2.09. The summed E-state index contributed by atoms with van der Waals surface area (Å²) < 4.78 is 0.192. The molecule has 6 rings (SSSR count). The van der Waals surface area contributed by atoms with Gasteiger partial charge in [-0.3, -0.25) is 19.2 Å². The molecule has 0 aliphatic carbocycles. The van der Waals surface area contributed by atoms with E-state index in [9.17, 15) is 19.2 Å². The molecule has 0 spiro atoms. The van der Waals surface area contributed by atoms with Crippen LogP contribution in [0.1, 0.15) is 29.7 Å². The number of hydrogen-bond donors (Lipinski definition) is 5. The monoisotopic (exact) mass is 863 g/mol. The van der Waals surface area contributed by atoms with Crippen molar-refractivity contribution >= 4 is 85.9 Å². The third-order valence-corrected chi connectivity index (χ3v) is 10.1. The number of thiazole rings is 1. The van der Waals surface area contributed by atoms with E-state index in [1.54, 1.807) is 17.6 Å². The number of carboxylic acid groups (broad SMARTS) is 2. The number of rotatable bonds is 10. The van der Waals surface area contributed by atoms with Crippen LogP contribution in [-0.2, 0) is 33.5 Å². The molecule has 0 fully saturated rings. The van der Waals surface area contributed by atoms with Crippen LogP contribution in [-0.4, -0.2) is 47.1 Å². The number of carboxylic acids is 2. The highest BCUT2D eigenvalue weighted by atomic mass is 79.9. The molecule has 0 amide bonds. The summed E-state index contributed by atoms with van der Waals surface area (Å²) >= 11 is 12.2. The van der Waals surface area contributed by atoms with Gasteiger partial charge >= 0.3 is 11.9 Å². The van der Waals surface area contributed by atoms with Gasteiger partial charge in [-0.25, -0.2) is 19.7 Å². The lowest BCUT2D eigenvalue weighted by atomic mass is 10.1. The molecule has 0 bridgehead atoms. The average molecular weight is 865 g/mol. The predicted octanol–water partition coefficient (Wildman–Crippen LogP) is 8.92. The van der Waals surface area contributed by atoms with Crippen molar-refractivity contribution in [3.63, 3.8) is 0 Å². The number of halogens is 1. The van der Waals surface area contributed by atoms with Crippen LogP contribution in [0.25, 0.3) is 31.0 Å².